The van der Waals surface area contributed by atoms with Gasteiger partial charge in [0.1, 0.15) is 6.54 Å². The first-order chi connectivity index (χ1) is 16.6. The zero-order valence-electron chi connectivity index (χ0n) is 19.2. The zero-order valence-corrected chi connectivity index (χ0v) is 19.2. The Balaban J connectivity index is 1.57. The van der Waals surface area contributed by atoms with Crippen molar-refractivity contribution >= 4 is 16.8 Å². The molecule has 1 atom stereocenters. The van der Waals surface area contributed by atoms with Crippen molar-refractivity contribution in [1.29, 1.82) is 0 Å². The van der Waals surface area contributed by atoms with E-state index in [2.05, 4.69) is 0 Å². The van der Waals surface area contributed by atoms with Gasteiger partial charge in [0.15, 0.2) is 16.9 Å². The van der Waals surface area contributed by atoms with Gasteiger partial charge in [0.2, 0.25) is 5.91 Å². The first-order valence-electron chi connectivity index (χ1n) is 11.3. The number of rotatable bonds is 5. The van der Waals surface area contributed by atoms with Crippen LogP contribution in [0, 0.1) is 0 Å². The third-order valence-electron chi connectivity index (χ3n) is 6.50. The van der Waals surface area contributed by atoms with E-state index >= 15 is 0 Å². The van der Waals surface area contributed by atoms with E-state index in [0.717, 1.165) is 28.6 Å². The normalized spacial score (nSPS) is 15.1. The van der Waals surface area contributed by atoms with Crippen molar-refractivity contribution < 1.29 is 14.3 Å². The number of hydrogen-bond acceptors (Lipinski definition) is 4. The van der Waals surface area contributed by atoms with Crippen LogP contribution in [0.2, 0.25) is 0 Å². The average molecular weight is 455 g/mol. The maximum Gasteiger partial charge on any atom is 0.243 e. The second-order valence-corrected chi connectivity index (χ2v) is 8.38. The number of carbonyl (C=O) groups excluding carboxylic acids is 1. The molecule has 5 rings (SSSR count). The molecule has 0 aliphatic carbocycles. The van der Waals surface area contributed by atoms with Crippen LogP contribution in [0.25, 0.3) is 10.9 Å². The van der Waals surface area contributed by atoms with Gasteiger partial charge < -0.3 is 18.9 Å². The van der Waals surface area contributed by atoms with E-state index in [4.69, 9.17) is 9.47 Å². The summed E-state index contributed by atoms with van der Waals surface area (Å²) in [6.07, 6.45) is 2.42. The molecule has 2 heterocycles. The lowest BCUT2D eigenvalue weighted by Crippen LogP contribution is -2.42. The number of aromatic nitrogens is 1. The summed E-state index contributed by atoms with van der Waals surface area (Å²) in [5.74, 6) is 1.32. The Hall–Kier alpha value is -4.06. The number of nitrogens with zero attached hydrogens (tertiary/aromatic N) is 2. The SMILES string of the molecule is COc1cc2c(cc1OC)C(c1ccccc1)N(C(=O)Cn1ccc(=O)c3ccccc31)CC2. The number of ether oxygens (including phenoxy) is 2. The van der Waals surface area contributed by atoms with Gasteiger partial charge in [-0.05, 0) is 47.4 Å². The summed E-state index contributed by atoms with van der Waals surface area (Å²) in [6, 6.07) is 22.7. The van der Waals surface area contributed by atoms with Gasteiger partial charge in [0.05, 0.1) is 25.8 Å². The molecule has 172 valence electrons. The molecular weight excluding hydrogens is 428 g/mol. The molecule has 1 aliphatic rings. The number of fused-ring (bicyclic) bond motifs is 2. The predicted molar refractivity (Wildman–Crippen MR) is 131 cm³/mol. The maximum atomic E-state index is 13.7. The van der Waals surface area contributed by atoms with Gasteiger partial charge in [-0.1, -0.05) is 42.5 Å². The fraction of sp³-hybridized carbons (Fsp3) is 0.214. The Bertz CT molecular complexity index is 1410. The van der Waals surface area contributed by atoms with Gasteiger partial charge >= 0.3 is 0 Å². The summed E-state index contributed by atoms with van der Waals surface area (Å²) in [5, 5.41) is 0.609. The number of pyridine rings is 1. The van der Waals surface area contributed by atoms with E-state index in [1.54, 1.807) is 26.5 Å². The lowest BCUT2D eigenvalue weighted by atomic mass is 9.87. The highest BCUT2D eigenvalue weighted by atomic mass is 16.5. The van der Waals surface area contributed by atoms with Crippen LogP contribution in [-0.4, -0.2) is 36.1 Å². The largest absolute Gasteiger partial charge is 0.493 e. The minimum absolute atomic E-state index is 0.0110. The second kappa shape index (κ2) is 9.06. The summed E-state index contributed by atoms with van der Waals surface area (Å²) in [4.78, 5) is 27.9. The molecule has 0 radical (unpaired) electrons. The van der Waals surface area contributed by atoms with Crippen LogP contribution in [0.5, 0.6) is 11.5 Å². The number of carbonyl (C=O) groups is 1. The standard InChI is InChI=1S/C28H26N2O4/c1-33-25-16-20-12-15-30(28(19-8-4-3-5-9-19)22(20)17-26(25)34-2)27(32)18-29-14-13-24(31)21-10-6-7-11-23(21)29/h3-11,13-14,16-17,28H,12,15,18H2,1-2H3. The van der Waals surface area contributed by atoms with Crippen LogP contribution in [0.15, 0.2) is 83.8 Å². The van der Waals surface area contributed by atoms with E-state index in [9.17, 15) is 9.59 Å². The molecule has 0 saturated carbocycles. The third kappa shape index (κ3) is 3.81. The molecule has 34 heavy (non-hydrogen) atoms. The van der Waals surface area contributed by atoms with Gasteiger partial charge in [-0.2, -0.15) is 0 Å². The van der Waals surface area contributed by atoms with Crippen LogP contribution in [0.1, 0.15) is 22.7 Å². The van der Waals surface area contributed by atoms with Crippen LogP contribution in [-0.2, 0) is 17.8 Å². The van der Waals surface area contributed by atoms with Crippen molar-refractivity contribution in [3.8, 4) is 11.5 Å². The summed E-state index contributed by atoms with van der Waals surface area (Å²) >= 11 is 0. The van der Waals surface area contributed by atoms with Crippen molar-refractivity contribution in [2.75, 3.05) is 20.8 Å². The first kappa shape index (κ1) is 21.8. The van der Waals surface area contributed by atoms with E-state index in [1.165, 1.54) is 6.07 Å². The fourth-order valence-electron chi connectivity index (χ4n) is 4.84. The molecule has 1 amide bonds. The second-order valence-electron chi connectivity index (χ2n) is 8.38. The van der Waals surface area contributed by atoms with Gasteiger partial charge in [0.25, 0.3) is 0 Å². The van der Waals surface area contributed by atoms with Crippen molar-refractivity contribution in [1.82, 2.24) is 9.47 Å². The molecule has 1 aromatic heterocycles. The maximum absolute atomic E-state index is 13.7. The molecular formula is C28H26N2O4. The Labute approximate surface area is 198 Å². The van der Waals surface area contributed by atoms with E-state index in [0.29, 0.717) is 23.4 Å². The zero-order chi connectivity index (χ0) is 23.7. The van der Waals surface area contributed by atoms with Crippen LogP contribution in [0.4, 0.5) is 0 Å². The molecule has 3 aromatic carbocycles. The van der Waals surface area contributed by atoms with Crippen molar-refractivity contribution in [3.05, 3.63) is 106 Å². The Morgan fingerprint density at radius 1 is 0.941 bits per heavy atom. The smallest absolute Gasteiger partial charge is 0.243 e. The van der Waals surface area contributed by atoms with Crippen molar-refractivity contribution in [2.45, 2.75) is 19.0 Å². The monoisotopic (exact) mass is 454 g/mol. The molecule has 6 nitrogen and oxygen atoms in total. The van der Waals surface area contributed by atoms with Crippen molar-refractivity contribution in [3.63, 3.8) is 0 Å². The average Bonchev–Trinajstić information content (AvgIpc) is 2.89. The molecule has 0 bridgehead atoms. The number of methoxy groups -OCH3 is 2. The molecule has 1 unspecified atom stereocenters. The van der Waals surface area contributed by atoms with E-state index < -0.39 is 0 Å². The van der Waals surface area contributed by atoms with E-state index in [1.807, 2.05) is 70.1 Å². The van der Waals surface area contributed by atoms with Crippen LogP contribution >= 0.6 is 0 Å². The molecule has 4 aromatic rings. The number of benzene rings is 3. The summed E-state index contributed by atoms with van der Waals surface area (Å²) in [6.45, 7) is 0.728. The van der Waals surface area contributed by atoms with Crippen LogP contribution in [0.3, 0.4) is 0 Å². The molecule has 0 spiro atoms. The Morgan fingerprint density at radius 3 is 2.41 bits per heavy atom. The number of amides is 1. The number of para-hydroxylation sites is 1. The molecule has 0 N–H and O–H groups in total. The highest BCUT2D eigenvalue weighted by Crippen LogP contribution is 2.41. The van der Waals surface area contributed by atoms with Gasteiger partial charge in [-0.15, -0.1) is 0 Å². The molecule has 1 aliphatic heterocycles. The third-order valence-corrected chi connectivity index (χ3v) is 6.50. The minimum atomic E-state index is -0.247. The fourth-order valence-corrected chi connectivity index (χ4v) is 4.84. The predicted octanol–water partition coefficient (Wildman–Crippen LogP) is 4.19. The number of hydrogen-bond donors (Lipinski definition) is 0. The van der Waals surface area contributed by atoms with Gasteiger partial charge in [-0.25, -0.2) is 0 Å². The topological polar surface area (TPSA) is 60.8 Å². The molecule has 0 fully saturated rings. The van der Waals surface area contributed by atoms with Crippen molar-refractivity contribution in [2.24, 2.45) is 0 Å². The Morgan fingerprint density at radius 2 is 1.65 bits per heavy atom. The quantitative estimate of drug-likeness (QED) is 0.454. The van der Waals surface area contributed by atoms with Crippen LogP contribution < -0.4 is 14.9 Å². The van der Waals surface area contributed by atoms with E-state index in [-0.39, 0.29) is 23.9 Å². The molecule has 6 heteroatoms. The lowest BCUT2D eigenvalue weighted by molar-refractivity contribution is -0.133. The highest BCUT2D eigenvalue weighted by Gasteiger charge is 2.33. The highest BCUT2D eigenvalue weighted by molar-refractivity contribution is 5.83. The molecule has 0 saturated heterocycles. The lowest BCUT2D eigenvalue weighted by Gasteiger charge is -2.38. The summed E-state index contributed by atoms with van der Waals surface area (Å²) < 4.78 is 12.9. The van der Waals surface area contributed by atoms with Gasteiger partial charge in [0, 0.05) is 24.2 Å². The summed E-state index contributed by atoms with van der Waals surface area (Å²) in [7, 11) is 3.25. The van der Waals surface area contributed by atoms with Gasteiger partial charge in [-0.3, -0.25) is 9.59 Å². The minimum Gasteiger partial charge on any atom is -0.493 e. The first-order valence-corrected chi connectivity index (χ1v) is 11.3. The Kier molecular flexibility index (Phi) is 5.80. The summed E-state index contributed by atoms with van der Waals surface area (Å²) in [5.41, 5.74) is 3.92.